The van der Waals surface area contributed by atoms with Crippen molar-refractivity contribution in [1.82, 2.24) is 0 Å². The maximum Gasteiger partial charge on any atom is 0.573 e. The van der Waals surface area contributed by atoms with Crippen molar-refractivity contribution in [1.29, 1.82) is 5.26 Å². The maximum absolute atomic E-state index is 12.3. The zero-order chi connectivity index (χ0) is 15.2. The molecule has 0 N–H and O–H groups in total. The molecule has 0 amide bonds. The number of halogens is 3. The zero-order valence-corrected chi connectivity index (χ0v) is 10.7. The lowest BCUT2D eigenvalue weighted by molar-refractivity contribution is -0.274. The Morgan fingerprint density at radius 1 is 1.40 bits per heavy atom. The van der Waals surface area contributed by atoms with E-state index >= 15 is 0 Å². The second-order valence-corrected chi connectivity index (χ2v) is 3.76. The van der Waals surface area contributed by atoms with Gasteiger partial charge in [0.2, 0.25) is 0 Å². The smallest absolute Gasteiger partial charge is 0.462 e. The maximum atomic E-state index is 12.3. The van der Waals surface area contributed by atoms with Crippen LogP contribution in [0.25, 0.3) is 0 Å². The van der Waals surface area contributed by atoms with Gasteiger partial charge in [-0.2, -0.15) is 5.26 Å². The summed E-state index contributed by atoms with van der Waals surface area (Å²) in [5.41, 5.74) is 0.170. The van der Waals surface area contributed by atoms with E-state index in [-0.39, 0.29) is 25.0 Å². The Morgan fingerprint density at radius 2 is 2.10 bits per heavy atom. The van der Waals surface area contributed by atoms with E-state index in [0.717, 1.165) is 6.07 Å². The predicted molar refractivity (Wildman–Crippen MR) is 63.0 cm³/mol. The quantitative estimate of drug-likeness (QED) is 0.780. The molecule has 0 aliphatic heterocycles. The molecule has 0 heterocycles. The average molecular weight is 287 g/mol. The van der Waals surface area contributed by atoms with Gasteiger partial charge >= 0.3 is 12.3 Å². The van der Waals surface area contributed by atoms with E-state index in [1.807, 2.05) is 6.07 Å². The molecular weight excluding hydrogens is 275 g/mol. The molecule has 4 nitrogen and oxygen atoms in total. The lowest BCUT2D eigenvalue weighted by atomic mass is 10.1. The second-order valence-electron chi connectivity index (χ2n) is 3.76. The molecule has 0 saturated carbocycles. The topological polar surface area (TPSA) is 59.3 Å². The van der Waals surface area contributed by atoms with Gasteiger partial charge < -0.3 is 9.47 Å². The summed E-state index contributed by atoms with van der Waals surface area (Å²) in [5.74, 6) is -1.51. The van der Waals surface area contributed by atoms with Gasteiger partial charge in [0, 0.05) is 6.42 Å². The molecule has 7 heteroatoms. The number of nitrogens with zero attached hydrogens (tertiary/aromatic N) is 1. The Labute approximate surface area is 113 Å². The number of aryl methyl sites for hydroxylation is 1. The number of benzene rings is 1. The number of hydrogen-bond donors (Lipinski definition) is 0. The number of hydrogen-bond acceptors (Lipinski definition) is 4. The lowest BCUT2D eigenvalue weighted by Gasteiger charge is -2.13. The van der Waals surface area contributed by atoms with Crippen molar-refractivity contribution in [3.63, 3.8) is 0 Å². The number of ether oxygens (including phenoxy) is 2. The fourth-order valence-corrected chi connectivity index (χ4v) is 1.51. The van der Waals surface area contributed by atoms with E-state index in [2.05, 4.69) is 9.47 Å². The molecule has 20 heavy (non-hydrogen) atoms. The van der Waals surface area contributed by atoms with E-state index in [4.69, 9.17) is 5.26 Å². The van der Waals surface area contributed by atoms with Gasteiger partial charge in [0.25, 0.3) is 0 Å². The van der Waals surface area contributed by atoms with Crippen molar-refractivity contribution in [3.05, 3.63) is 29.3 Å². The van der Waals surface area contributed by atoms with Crippen molar-refractivity contribution < 1.29 is 27.4 Å². The molecular formula is C13H12F3NO3. The molecule has 0 aromatic heterocycles. The van der Waals surface area contributed by atoms with Crippen molar-refractivity contribution in [2.75, 3.05) is 6.61 Å². The van der Waals surface area contributed by atoms with Gasteiger partial charge in [-0.1, -0.05) is 6.07 Å². The van der Waals surface area contributed by atoms with Gasteiger partial charge in [-0.15, -0.1) is 13.2 Å². The van der Waals surface area contributed by atoms with Crippen LogP contribution < -0.4 is 4.74 Å². The summed E-state index contributed by atoms with van der Waals surface area (Å²) in [6.45, 7) is 1.59. The van der Waals surface area contributed by atoms with Crippen LogP contribution in [0.5, 0.6) is 5.75 Å². The molecule has 0 spiro atoms. The first kappa shape index (κ1) is 15.8. The molecule has 1 aromatic rings. The van der Waals surface area contributed by atoms with E-state index in [1.54, 1.807) is 6.92 Å². The van der Waals surface area contributed by atoms with Crippen molar-refractivity contribution in [3.8, 4) is 11.8 Å². The van der Waals surface area contributed by atoms with Gasteiger partial charge in [0.15, 0.2) is 0 Å². The molecule has 1 aromatic carbocycles. The van der Waals surface area contributed by atoms with E-state index in [1.165, 1.54) is 12.1 Å². The first-order valence-corrected chi connectivity index (χ1v) is 5.80. The van der Waals surface area contributed by atoms with Crippen LogP contribution in [-0.2, 0) is 11.2 Å². The summed E-state index contributed by atoms with van der Waals surface area (Å²) in [6, 6.07) is 5.65. The molecule has 0 bridgehead atoms. The molecule has 108 valence electrons. The minimum atomic E-state index is -4.91. The molecule has 0 atom stereocenters. The predicted octanol–water partition coefficient (Wildman–Crippen LogP) is 3.22. The van der Waals surface area contributed by atoms with Crippen LogP contribution in [0.15, 0.2) is 18.2 Å². The van der Waals surface area contributed by atoms with Gasteiger partial charge in [-0.3, -0.25) is 0 Å². The third kappa shape index (κ3) is 4.80. The molecule has 0 fully saturated rings. The van der Waals surface area contributed by atoms with Gasteiger partial charge in [-0.05, 0) is 31.0 Å². The van der Waals surface area contributed by atoms with Crippen LogP contribution in [0.1, 0.15) is 29.3 Å². The molecule has 0 radical (unpaired) electrons. The normalized spacial score (nSPS) is 10.8. The molecule has 0 unspecified atom stereocenters. The number of esters is 1. The Hall–Kier alpha value is -2.23. The highest BCUT2D eigenvalue weighted by Gasteiger charge is 2.33. The summed E-state index contributed by atoms with van der Waals surface area (Å²) in [4.78, 5) is 11.6. The highest BCUT2D eigenvalue weighted by Crippen LogP contribution is 2.28. The van der Waals surface area contributed by atoms with E-state index in [0.29, 0.717) is 5.56 Å². The van der Waals surface area contributed by atoms with Gasteiger partial charge in [-0.25, -0.2) is 4.79 Å². The third-order valence-corrected chi connectivity index (χ3v) is 2.29. The minimum Gasteiger partial charge on any atom is -0.462 e. The Balaban J connectivity index is 3.09. The standard InChI is InChI=1S/C13H12F3NO3/c1-2-19-12(18)10-6-5-9(4-3-7-17)8-11(10)20-13(14,15)16/h5-6,8H,2-4H2,1H3. The molecule has 1 rings (SSSR count). The summed E-state index contributed by atoms with van der Waals surface area (Å²) >= 11 is 0. The van der Waals surface area contributed by atoms with Crippen LogP contribution in [0.2, 0.25) is 0 Å². The average Bonchev–Trinajstić information content (AvgIpc) is 2.34. The number of rotatable bonds is 5. The summed E-state index contributed by atoms with van der Waals surface area (Å²) in [5, 5.41) is 8.46. The lowest BCUT2D eigenvalue weighted by Crippen LogP contribution is -2.19. The van der Waals surface area contributed by atoms with Gasteiger partial charge in [0.1, 0.15) is 11.3 Å². The molecule has 0 saturated heterocycles. The van der Waals surface area contributed by atoms with Crippen LogP contribution in [0.4, 0.5) is 13.2 Å². The van der Waals surface area contributed by atoms with E-state index in [9.17, 15) is 18.0 Å². The number of carbonyl (C=O) groups is 1. The fraction of sp³-hybridized carbons (Fsp3) is 0.385. The first-order chi connectivity index (χ1) is 9.37. The Bertz CT molecular complexity index is 521. The zero-order valence-electron chi connectivity index (χ0n) is 10.7. The fourth-order valence-electron chi connectivity index (χ4n) is 1.51. The second kappa shape index (κ2) is 6.80. The van der Waals surface area contributed by atoms with Gasteiger partial charge in [0.05, 0.1) is 12.7 Å². The molecule has 0 aliphatic rings. The third-order valence-electron chi connectivity index (χ3n) is 2.29. The minimum absolute atomic E-state index is 0.0421. The van der Waals surface area contributed by atoms with Crippen LogP contribution in [0, 0.1) is 11.3 Å². The van der Waals surface area contributed by atoms with E-state index < -0.39 is 18.1 Å². The van der Waals surface area contributed by atoms with Crippen molar-refractivity contribution in [2.24, 2.45) is 0 Å². The Kier molecular flexibility index (Phi) is 5.38. The summed E-state index contributed by atoms with van der Waals surface area (Å²) in [6.07, 6.45) is -4.48. The highest BCUT2D eigenvalue weighted by atomic mass is 19.4. The number of alkyl halides is 3. The summed E-state index contributed by atoms with van der Waals surface area (Å²) < 4.78 is 45.5. The Morgan fingerprint density at radius 3 is 2.65 bits per heavy atom. The van der Waals surface area contributed by atoms with Crippen LogP contribution >= 0.6 is 0 Å². The first-order valence-electron chi connectivity index (χ1n) is 5.80. The SMILES string of the molecule is CCOC(=O)c1ccc(CCC#N)cc1OC(F)(F)F. The van der Waals surface area contributed by atoms with Crippen LogP contribution in [0.3, 0.4) is 0 Å². The van der Waals surface area contributed by atoms with Crippen molar-refractivity contribution >= 4 is 5.97 Å². The molecule has 0 aliphatic carbocycles. The number of nitriles is 1. The van der Waals surface area contributed by atoms with Crippen LogP contribution in [-0.4, -0.2) is 18.9 Å². The summed E-state index contributed by atoms with van der Waals surface area (Å²) in [7, 11) is 0. The van der Waals surface area contributed by atoms with Crippen molar-refractivity contribution in [2.45, 2.75) is 26.1 Å². The largest absolute Gasteiger partial charge is 0.573 e. The highest BCUT2D eigenvalue weighted by molar-refractivity contribution is 5.92. The number of carbonyl (C=O) groups excluding carboxylic acids is 1. The monoisotopic (exact) mass is 287 g/mol.